The van der Waals surface area contributed by atoms with E-state index in [4.69, 9.17) is 9.47 Å². The predicted octanol–water partition coefficient (Wildman–Crippen LogP) is 2.31. The SMILES string of the molecule is COc1cc(CNC(=O)[C@H]2CCC[C@H]2NC(=O)c2ccncc2)cc(OC)c1. The molecule has 0 unspecified atom stereocenters. The van der Waals surface area contributed by atoms with Gasteiger partial charge >= 0.3 is 0 Å². The van der Waals surface area contributed by atoms with E-state index in [0.29, 0.717) is 23.6 Å². The van der Waals surface area contributed by atoms with E-state index in [1.54, 1.807) is 44.8 Å². The molecule has 1 fully saturated rings. The summed E-state index contributed by atoms with van der Waals surface area (Å²) in [6.07, 6.45) is 5.62. The van der Waals surface area contributed by atoms with Crippen molar-refractivity contribution in [2.45, 2.75) is 31.8 Å². The third-order valence-electron chi connectivity index (χ3n) is 4.99. The lowest BCUT2D eigenvalue weighted by atomic mass is 10.0. The summed E-state index contributed by atoms with van der Waals surface area (Å²) in [6, 6.07) is 8.67. The number of nitrogens with zero attached hydrogens (tertiary/aromatic N) is 1. The Morgan fingerprint density at radius 2 is 1.75 bits per heavy atom. The minimum atomic E-state index is -0.238. The molecule has 7 nitrogen and oxygen atoms in total. The molecule has 0 spiro atoms. The normalized spacial score (nSPS) is 18.4. The van der Waals surface area contributed by atoms with Crippen molar-refractivity contribution in [3.05, 3.63) is 53.9 Å². The molecule has 1 aromatic heterocycles. The monoisotopic (exact) mass is 383 g/mol. The van der Waals surface area contributed by atoms with E-state index >= 15 is 0 Å². The van der Waals surface area contributed by atoms with Crippen molar-refractivity contribution >= 4 is 11.8 Å². The van der Waals surface area contributed by atoms with Gasteiger partial charge in [-0.15, -0.1) is 0 Å². The number of carbonyl (C=O) groups is 2. The van der Waals surface area contributed by atoms with E-state index in [1.807, 2.05) is 12.1 Å². The molecular weight excluding hydrogens is 358 g/mol. The van der Waals surface area contributed by atoms with Gasteiger partial charge in [-0.05, 0) is 42.7 Å². The highest BCUT2D eigenvalue weighted by molar-refractivity contribution is 5.94. The maximum absolute atomic E-state index is 12.7. The van der Waals surface area contributed by atoms with Crippen LogP contribution in [0.5, 0.6) is 11.5 Å². The van der Waals surface area contributed by atoms with Crippen LogP contribution in [0.2, 0.25) is 0 Å². The lowest BCUT2D eigenvalue weighted by Crippen LogP contribution is -2.43. The first-order chi connectivity index (χ1) is 13.6. The Labute approximate surface area is 164 Å². The average Bonchev–Trinajstić information content (AvgIpc) is 3.20. The van der Waals surface area contributed by atoms with Gasteiger partial charge in [0, 0.05) is 36.6 Å². The summed E-state index contributed by atoms with van der Waals surface area (Å²) in [5.41, 5.74) is 1.43. The van der Waals surface area contributed by atoms with Crippen LogP contribution in [-0.4, -0.2) is 37.1 Å². The van der Waals surface area contributed by atoms with E-state index < -0.39 is 0 Å². The summed E-state index contributed by atoms with van der Waals surface area (Å²) in [5, 5.41) is 5.97. The average molecular weight is 383 g/mol. The maximum Gasteiger partial charge on any atom is 0.251 e. The number of pyridine rings is 1. The number of methoxy groups -OCH3 is 2. The zero-order chi connectivity index (χ0) is 19.9. The Morgan fingerprint density at radius 3 is 2.39 bits per heavy atom. The Bertz CT molecular complexity index is 803. The van der Waals surface area contributed by atoms with Gasteiger partial charge in [0.25, 0.3) is 5.91 Å². The summed E-state index contributed by atoms with van der Waals surface area (Å²) in [5.74, 6) is 0.876. The van der Waals surface area contributed by atoms with E-state index in [2.05, 4.69) is 15.6 Å². The summed E-state index contributed by atoms with van der Waals surface area (Å²) in [4.78, 5) is 29.0. The van der Waals surface area contributed by atoms with Gasteiger partial charge in [0.1, 0.15) is 11.5 Å². The second-order valence-corrected chi connectivity index (χ2v) is 6.79. The number of amides is 2. The van der Waals surface area contributed by atoms with Gasteiger partial charge in [0.15, 0.2) is 0 Å². The molecule has 1 aliphatic rings. The summed E-state index contributed by atoms with van der Waals surface area (Å²) < 4.78 is 10.5. The van der Waals surface area contributed by atoms with E-state index in [-0.39, 0.29) is 23.8 Å². The first kappa shape index (κ1) is 19.7. The molecule has 2 amide bonds. The second kappa shape index (κ2) is 9.21. The molecule has 0 bridgehead atoms. The van der Waals surface area contributed by atoms with Crippen LogP contribution in [0.15, 0.2) is 42.7 Å². The van der Waals surface area contributed by atoms with Crippen LogP contribution in [0, 0.1) is 5.92 Å². The van der Waals surface area contributed by atoms with Crippen LogP contribution in [-0.2, 0) is 11.3 Å². The smallest absolute Gasteiger partial charge is 0.251 e. The van der Waals surface area contributed by atoms with Crippen molar-refractivity contribution in [2.75, 3.05) is 14.2 Å². The van der Waals surface area contributed by atoms with Crippen molar-refractivity contribution in [1.29, 1.82) is 0 Å². The van der Waals surface area contributed by atoms with Crippen molar-refractivity contribution in [2.24, 2.45) is 5.92 Å². The fourth-order valence-corrected chi connectivity index (χ4v) is 3.49. The quantitative estimate of drug-likeness (QED) is 0.766. The number of aromatic nitrogens is 1. The number of ether oxygens (including phenoxy) is 2. The summed E-state index contributed by atoms with van der Waals surface area (Å²) in [6.45, 7) is 0.369. The Morgan fingerprint density at radius 1 is 1.07 bits per heavy atom. The molecule has 1 aliphatic carbocycles. The maximum atomic E-state index is 12.7. The van der Waals surface area contributed by atoms with Crippen LogP contribution < -0.4 is 20.1 Å². The molecule has 28 heavy (non-hydrogen) atoms. The first-order valence-electron chi connectivity index (χ1n) is 9.31. The largest absolute Gasteiger partial charge is 0.497 e. The minimum absolute atomic E-state index is 0.0562. The predicted molar refractivity (Wildman–Crippen MR) is 104 cm³/mol. The highest BCUT2D eigenvalue weighted by Crippen LogP contribution is 2.27. The highest BCUT2D eigenvalue weighted by Gasteiger charge is 2.34. The van der Waals surface area contributed by atoms with Crippen LogP contribution in [0.25, 0.3) is 0 Å². The molecule has 3 rings (SSSR count). The standard InChI is InChI=1S/C21H25N3O4/c1-27-16-10-14(11-17(12-16)28-2)13-23-21(26)18-4-3-5-19(18)24-20(25)15-6-8-22-9-7-15/h6-12,18-19H,3-5,13H2,1-2H3,(H,23,26)(H,24,25)/t18-,19+/m0/s1. The lowest BCUT2D eigenvalue weighted by Gasteiger charge is -2.21. The van der Waals surface area contributed by atoms with Gasteiger partial charge in [-0.1, -0.05) is 6.42 Å². The molecule has 0 saturated heterocycles. The molecular formula is C21H25N3O4. The third kappa shape index (κ3) is 4.79. The molecule has 1 aromatic carbocycles. The van der Waals surface area contributed by atoms with Crippen molar-refractivity contribution in [3.63, 3.8) is 0 Å². The molecule has 1 saturated carbocycles. The van der Waals surface area contributed by atoms with Gasteiger partial charge in [-0.25, -0.2) is 0 Å². The summed E-state index contributed by atoms with van der Waals surface area (Å²) in [7, 11) is 3.18. The summed E-state index contributed by atoms with van der Waals surface area (Å²) >= 11 is 0. The molecule has 148 valence electrons. The van der Waals surface area contributed by atoms with E-state index in [9.17, 15) is 9.59 Å². The minimum Gasteiger partial charge on any atom is -0.497 e. The number of hydrogen-bond donors (Lipinski definition) is 2. The van der Waals surface area contributed by atoms with Gasteiger partial charge in [0.2, 0.25) is 5.91 Å². The lowest BCUT2D eigenvalue weighted by molar-refractivity contribution is -0.125. The molecule has 0 aliphatic heterocycles. The number of nitrogens with one attached hydrogen (secondary N) is 2. The van der Waals surface area contributed by atoms with Crippen molar-refractivity contribution < 1.29 is 19.1 Å². The van der Waals surface area contributed by atoms with Crippen LogP contribution in [0.1, 0.15) is 35.2 Å². The topological polar surface area (TPSA) is 89.6 Å². The number of rotatable bonds is 7. The Balaban J connectivity index is 1.60. The fourth-order valence-electron chi connectivity index (χ4n) is 3.49. The Kier molecular flexibility index (Phi) is 6.47. The molecule has 1 heterocycles. The van der Waals surface area contributed by atoms with E-state index in [1.165, 1.54) is 0 Å². The van der Waals surface area contributed by atoms with Gasteiger partial charge < -0.3 is 20.1 Å². The molecule has 7 heteroatoms. The zero-order valence-electron chi connectivity index (χ0n) is 16.1. The van der Waals surface area contributed by atoms with Crippen LogP contribution >= 0.6 is 0 Å². The second-order valence-electron chi connectivity index (χ2n) is 6.79. The van der Waals surface area contributed by atoms with Crippen LogP contribution in [0.3, 0.4) is 0 Å². The third-order valence-corrected chi connectivity index (χ3v) is 4.99. The van der Waals surface area contributed by atoms with E-state index in [0.717, 1.165) is 24.8 Å². The van der Waals surface area contributed by atoms with Crippen molar-refractivity contribution in [3.8, 4) is 11.5 Å². The van der Waals surface area contributed by atoms with Gasteiger partial charge in [-0.3, -0.25) is 14.6 Å². The number of hydrogen-bond acceptors (Lipinski definition) is 5. The molecule has 2 atom stereocenters. The number of benzene rings is 1. The van der Waals surface area contributed by atoms with Crippen LogP contribution in [0.4, 0.5) is 0 Å². The van der Waals surface area contributed by atoms with Crippen molar-refractivity contribution in [1.82, 2.24) is 15.6 Å². The molecule has 0 radical (unpaired) electrons. The van der Waals surface area contributed by atoms with Gasteiger partial charge in [0.05, 0.1) is 20.1 Å². The molecule has 2 aromatic rings. The fraction of sp³-hybridized carbons (Fsp3) is 0.381. The highest BCUT2D eigenvalue weighted by atomic mass is 16.5. The Hall–Kier alpha value is -3.09. The zero-order valence-corrected chi connectivity index (χ0v) is 16.1. The molecule has 2 N–H and O–H groups in total. The number of carbonyl (C=O) groups excluding carboxylic acids is 2. The van der Waals surface area contributed by atoms with Gasteiger partial charge in [-0.2, -0.15) is 0 Å². The first-order valence-corrected chi connectivity index (χ1v) is 9.31.